The molecular weight excluding hydrogens is 408 g/mol. The molecule has 154 valence electrons. The van der Waals surface area contributed by atoms with Gasteiger partial charge in [0, 0.05) is 11.1 Å². The lowest BCUT2D eigenvalue weighted by molar-refractivity contribution is 0.148. The van der Waals surface area contributed by atoms with Gasteiger partial charge in [-0.05, 0) is 62.3 Å². The Morgan fingerprint density at radius 3 is 1.60 bits per heavy atom. The third-order valence-corrected chi connectivity index (χ3v) is 5.45. The fourth-order valence-electron chi connectivity index (χ4n) is 3.21. The maximum atomic E-state index is 5.81. The van der Waals surface area contributed by atoms with Gasteiger partial charge in [0.2, 0.25) is 0 Å². The molecule has 0 amide bonds. The highest BCUT2D eigenvalue weighted by atomic mass is 32.1. The van der Waals surface area contributed by atoms with Gasteiger partial charge in [-0.2, -0.15) is 0 Å². The van der Waals surface area contributed by atoms with Crippen LogP contribution in [-0.4, -0.2) is 16.2 Å². The molecular formula is C26H26O2S2. The maximum Gasteiger partial charge on any atom is 0.198 e. The van der Waals surface area contributed by atoms with Crippen LogP contribution < -0.4 is 4.74 Å². The molecule has 1 aliphatic rings. The fourth-order valence-corrected chi connectivity index (χ4v) is 3.71. The van der Waals surface area contributed by atoms with E-state index < -0.39 is 0 Å². The molecule has 0 unspecified atom stereocenters. The topological polar surface area (TPSA) is 18.5 Å². The van der Waals surface area contributed by atoms with Crippen molar-refractivity contribution >= 4 is 34.5 Å². The minimum absolute atomic E-state index is 0.353. The van der Waals surface area contributed by atoms with Crippen LogP contribution in [0.25, 0.3) is 0 Å². The summed E-state index contributed by atoms with van der Waals surface area (Å²) in [6.07, 6.45) is 6.58. The molecule has 0 spiro atoms. The van der Waals surface area contributed by atoms with E-state index >= 15 is 0 Å². The molecule has 1 aliphatic carbocycles. The van der Waals surface area contributed by atoms with E-state index in [2.05, 4.69) is 0 Å². The predicted molar refractivity (Wildman–Crippen MR) is 131 cm³/mol. The van der Waals surface area contributed by atoms with E-state index in [9.17, 15) is 0 Å². The molecule has 0 bridgehead atoms. The first-order valence-corrected chi connectivity index (χ1v) is 11.1. The summed E-state index contributed by atoms with van der Waals surface area (Å²) in [4.78, 5) is 0. The van der Waals surface area contributed by atoms with Crippen molar-refractivity contribution < 1.29 is 9.47 Å². The first-order valence-electron chi connectivity index (χ1n) is 10.3. The number of rotatable bonds is 4. The lowest BCUT2D eigenvalue weighted by Gasteiger charge is -2.23. The van der Waals surface area contributed by atoms with Crippen LogP contribution >= 0.6 is 24.4 Å². The molecule has 0 atom stereocenters. The van der Waals surface area contributed by atoms with Gasteiger partial charge in [-0.25, -0.2) is 0 Å². The van der Waals surface area contributed by atoms with Crippen LogP contribution in [0.2, 0.25) is 0 Å². The van der Waals surface area contributed by atoms with E-state index in [1.165, 1.54) is 19.3 Å². The third kappa shape index (κ3) is 7.36. The lowest BCUT2D eigenvalue weighted by atomic mass is 9.98. The Bertz CT molecular complexity index is 906. The van der Waals surface area contributed by atoms with Gasteiger partial charge in [0.1, 0.15) is 5.75 Å². The third-order valence-electron chi connectivity index (χ3n) is 4.80. The van der Waals surface area contributed by atoms with Crippen LogP contribution in [0.1, 0.15) is 43.2 Å². The molecule has 1 fully saturated rings. The molecule has 4 rings (SSSR count). The van der Waals surface area contributed by atoms with Crippen molar-refractivity contribution in [1.82, 2.24) is 0 Å². The number of benzene rings is 3. The van der Waals surface area contributed by atoms with E-state index in [4.69, 9.17) is 33.9 Å². The van der Waals surface area contributed by atoms with Gasteiger partial charge in [0.05, 0.1) is 6.10 Å². The largest absolute Gasteiger partial charge is 0.480 e. The summed E-state index contributed by atoms with van der Waals surface area (Å²) in [6, 6.07) is 29.2. The minimum Gasteiger partial charge on any atom is -0.480 e. The van der Waals surface area contributed by atoms with Crippen molar-refractivity contribution in [2.45, 2.75) is 38.2 Å². The Kier molecular flexibility index (Phi) is 9.01. The first kappa shape index (κ1) is 22.1. The van der Waals surface area contributed by atoms with E-state index in [1.807, 2.05) is 91.0 Å². The highest BCUT2D eigenvalue weighted by Gasteiger charge is 2.16. The maximum absolute atomic E-state index is 5.81. The zero-order valence-electron chi connectivity index (χ0n) is 16.9. The molecule has 0 heterocycles. The lowest BCUT2D eigenvalue weighted by Crippen LogP contribution is -2.20. The fraction of sp³-hybridized carbons (Fsp3) is 0.231. The normalized spacial score (nSPS) is 13.5. The zero-order chi connectivity index (χ0) is 21.0. The number of hydrogen-bond acceptors (Lipinski definition) is 4. The molecule has 0 saturated heterocycles. The Labute approximate surface area is 189 Å². The SMILES string of the molecule is S=C(OC1CCCCC1)c1ccccc1.S=C(Oc1ccccc1)c1ccccc1. The highest BCUT2D eigenvalue weighted by Crippen LogP contribution is 2.21. The van der Waals surface area contributed by atoms with Crippen LogP contribution in [-0.2, 0) is 4.74 Å². The second kappa shape index (κ2) is 12.2. The molecule has 3 aromatic carbocycles. The van der Waals surface area contributed by atoms with Crippen LogP contribution in [0.3, 0.4) is 0 Å². The van der Waals surface area contributed by atoms with Gasteiger partial charge < -0.3 is 9.47 Å². The van der Waals surface area contributed by atoms with Crippen LogP contribution in [0, 0.1) is 0 Å². The quantitative estimate of drug-likeness (QED) is 0.406. The Balaban J connectivity index is 0.000000171. The molecule has 0 aliphatic heterocycles. The molecule has 4 heteroatoms. The summed E-state index contributed by atoms with van der Waals surface area (Å²) in [5, 5.41) is 1.16. The van der Waals surface area contributed by atoms with Gasteiger partial charge in [0.25, 0.3) is 0 Å². The number of thiocarbonyl (C=S) groups is 2. The van der Waals surface area contributed by atoms with Crippen molar-refractivity contribution in [1.29, 1.82) is 0 Å². The Morgan fingerprint density at radius 2 is 1.07 bits per heavy atom. The summed E-state index contributed by atoms with van der Waals surface area (Å²) < 4.78 is 11.3. The molecule has 0 N–H and O–H groups in total. The summed E-state index contributed by atoms with van der Waals surface area (Å²) in [7, 11) is 0. The van der Waals surface area contributed by atoms with Gasteiger partial charge in [0.15, 0.2) is 10.1 Å². The predicted octanol–water partition coefficient (Wildman–Crippen LogP) is 7.15. The second-order valence-corrected chi connectivity index (χ2v) is 7.84. The Hall–Kier alpha value is -2.56. The number of ether oxygens (including phenoxy) is 2. The number of hydrogen-bond donors (Lipinski definition) is 0. The van der Waals surface area contributed by atoms with E-state index in [0.29, 0.717) is 16.2 Å². The molecule has 3 aromatic rings. The summed E-state index contributed by atoms with van der Waals surface area (Å²) in [6.45, 7) is 0. The Morgan fingerprint density at radius 1 is 0.600 bits per heavy atom. The van der Waals surface area contributed by atoms with Gasteiger partial charge in [-0.3, -0.25) is 0 Å². The molecule has 0 aromatic heterocycles. The van der Waals surface area contributed by atoms with Crippen LogP contribution in [0.15, 0.2) is 91.0 Å². The van der Waals surface area contributed by atoms with Crippen molar-refractivity contribution in [2.75, 3.05) is 0 Å². The second-order valence-electron chi connectivity index (χ2n) is 7.10. The van der Waals surface area contributed by atoms with E-state index in [-0.39, 0.29) is 0 Å². The molecule has 30 heavy (non-hydrogen) atoms. The summed E-state index contributed by atoms with van der Waals surface area (Å²) in [5.41, 5.74) is 1.95. The van der Waals surface area contributed by atoms with Crippen LogP contribution in [0.4, 0.5) is 0 Å². The van der Waals surface area contributed by atoms with Crippen molar-refractivity contribution in [3.8, 4) is 5.75 Å². The average Bonchev–Trinajstić information content (AvgIpc) is 2.82. The first-order chi connectivity index (χ1) is 14.7. The van der Waals surface area contributed by atoms with Gasteiger partial charge >= 0.3 is 0 Å². The summed E-state index contributed by atoms with van der Waals surface area (Å²) in [5.74, 6) is 0.770. The van der Waals surface area contributed by atoms with Gasteiger partial charge in [-0.1, -0.05) is 85.3 Å². The molecule has 0 radical (unpaired) electrons. The standard InChI is InChI=1S/C13H16OS.C13H10OS/c2*15-13(11-7-3-1-4-8-11)14-12-9-5-2-6-10-12/h1,3-4,7-8,12H,2,5-6,9-10H2;1-10H. The number of para-hydroxylation sites is 1. The smallest absolute Gasteiger partial charge is 0.198 e. The summed E-state index contributed by atoms with van der Waals surface area (Å²) >= 11 is 10.5. The molecule has 2 nitrogen and oxygen atoms in total. The van der Waals surface area contributed by atoms with E-state index in [0.717, 1.165) is 29.7 Å². The molecule has 1 saturated carbocycles. The van der Waals surface area contributed by atoms with E-state index in [1.54, 1.807) is 0 Å². The highest BCUT2D eigenvalue weighted by molar-refractivity contribution is 7.80. The van der Waals surface area contributed by atoms with Crippen molar-refractivity contribution in [3.05, 3.63) is 102 Å². The zero-order valence-corrected chi connectivity index (χ0v) is 18.5. The van der Waals surface area contributed by atoms with Crippen molar-refractivity contribution in [2.24, 2.45) is 0 Å². The average molecular weight is 435 g/mol. The van der Waals surface area contributed by atoms with Gasteiger partial charge in [-0.15, -0.1) is 0 Å². The van der Waals surface area contributed by atoms with Crippen molar-refractivity contribution in [3.63, 3.8) is 0 Å². The monoisotopic (exact) mass is 434 g/mol. The van der Waals surface area contributed by atoms with Crippen LogP contribution in [0.5, 0.6) is 5.75 Å². The minimum atomic E-state index is 0.353.